The second-order valence-electron chi connectivity index (χ2n) is 4.25. The van der Waals surface area contributed by atoms with Gasteiger partial charge in [-0.1, -0.05) is 12.1 Å². The molecule has 98 valence electrons. The molecule has 0 saturated heterocycles. The van der Waals surface area contributed by atoms with Crippen LogP contribution in [0.4, 0.5) is 10.5 Å². The van der Waals surface area contributed by atoms with E-state index in [9.17, 15) is 9.59 Å². The van der Waals surface area contributed by atoms with Crippen molar-refractivity contribution in [2.45, 2.75) is 26.8 Å². The van der Waals surface area contributed by atoms with Gasteiger partial charge in [0.1, 0.15) is 6.04 Å². The van der Waals surface area contributed by atoms with Crippen LogP contribution in [-0.4, -0.2) is 25.0 Å². The number of aryl methyl sites for hydroxylation is 2. The number of rotatable bonds is 3. The number of carbonyl (C=O) groups excluding carboxylic acids is 2. The number of hydrogen-bond acceptors (Lipinski definition) is 2. The van der Waals surface area contributed by atoms with Crippen molar-refractivity contribution in [3.05, 3.63) is 29.3 Å². The molecule has 0 aliphatic heterocycles. The van der Waals surface area contributed by atoms with E-state index in [0.29, 0.717) is 0 Å². The van der Waals surface area contributed by atoms with Crippen molar-refractivity contribution in [3.63, 3.8) is 0 Å². The third-order valence-electron chi connectivity index (χ3n) is 2.63. The van der Waals surface area contributed by atoms with E-state index in [1.807, 2.05) is 32.0 Å². The first-order chi connectivity index (χ1) is 8.43. The molecule has 3 N–H and O–H groups in total. The van der Waals surface area contributed by atoms with Gasteiger partial charge in [0.15, 0.2) is 0 Å². The number of hydrogen-bond donors (Lipinski definition) is 3. The zero-order chi connectivity index (χ0) is 13.7. The van der Waals surface area contributed by atoms with Crippen LogP contribution in [0.3, 0.4) is 0 Å². The first kappa shape index (κ1) is 14.0. The van der Waals surface area contributed by atoms with Gasteiger partial charge in [-0.15, -0.1) is 0 Å². The smallest absolute Gasteiger partial charge is 0.319 e. The van der Waals surface area contributed by atoms with Gasteiger partial charge in [0.05, 0.1) is 0 Å². The van der Waals surface area contributed by atoms with Gasteiger partial charge in [0.25, 0.3) is 0 Å². The van der Waals surface area contributed by atoms with Crippen LogP contribution >= 0.6 is 0 Å². The second-order valence-corrected chi connectivity index (χ2v) is 4.25. The Balaban J connectivity index is 2.65. The largest absolute Gasteiger partial charge is 0.357 e. The van der Waals surface area contributed by atoms with E-state index in [1.54, 1.807) is 6.92 Å². The molecule has 5 heteroatoms. The monoisotopic (exact) mass is 249 g/mol. The van der Waals surface area contributed by atoms with Gasteiger partial charge in [0.2, 0.25) is 5.91 Å². The minimum absolute atomic E-state index is 0.230. The Morgan fingerprint density at radius 3 is 2.50 bits per heavy atom. The average Bonchev–Trinajstić information content (AvgIpc) is 2.32. The molecule has 0 bridgehead atoms. The predicted molar refractivity (Wildman–Crippen MR) is 71.6 cm³/mol. The third-order valence-corrected chi connectivity index (χ3v) is 2.63. The molecule has 0 aliphatic carbocycles. The van der Waals surface area contributed by atoms with E-state index < -0.39 is 6.04 Å². The molecule has 18 heavy (non-hydrogen) atoms. The third kappa shape index (κ3) is 3.76. The van der Waals surface area contributed by atoms with E-state index in [-0.39, 0.29) is 11.9 Å². The van der Waals surface area contributed by atoms with Crippen molar-refractivity contribution in [2.75, 3.05) is 12.4 Å². The molecule has 0 heterocycles. The molecule has 0 fully saturated rings. The molecule has 1 aromatic rings. The van der Waals surface area contributed by atoms with E-state index in [0.717, 1.165) is 16.8 Å². The van der Waals surface area contributed by atoms with Gasteiger partial charge in [-0.3, -0.25) is 4.79 Å². The predicted octanol–water partition coefficient (Wildman–Crippen LogP) is 1.56. The Labute approximate surface area is 107 Å². The molecular weight excluding hydrogens is 230 g/mol. The lowest BCUT2D eigenvalue weighted by Gasteiger charge is -2.14. The topological polar surface area (TPSA) is 70.2 Å². The highest BCUT2D eigenvalue weighted by Gasteiger charge is 2.14. The van der Waals surface area contributed by atoms with E-state index in [1.165, 1.54) is 7.05 Å². The maximum absolute atomic E-state index is 11.7. The number of anilines is 1. The van der Waals surface area contributed by atoms with Gasteiger partial charge >= 0.3 is 6.03 Å². The number of amides is 3. The van der Waals surface area contributed by atoms with Crippen LogP contribution in [0.5, 0.6) is 0 Å². The lowest BCUT2D eigenvalue weighted by molar-refractivity contribution is -0.122. The Morgan fingerprint density at radius 1 is 1.22 bits per heavy atom. The van der Waals surface area contributed by atoms with Gasteiger partial charge in [-0.05, 0) is 38.0 Å². The normalized spacial score (nSPS) is 11.6. The Hall–Kier alpha value is -2.04. The highest BCUT2D eigenvalue weighted by atomic mass is 16.2. The first-order valence-corrected chi connectivity index (χ1v) is 5.80. The summed E-state index contributed by atoms with van der Waals surface area (Å²) in [5.74, 6) is -0.230. The highest BCUT2D eigenvalue weighted by molar-refractivity contribution is 5.94. The summed E-state index contributed by atoms with van der Waals surface area (Å²) in [4.78, 5) is 23.0. The van der Waals surface area contributed by atoms with Crippen LogP contribution < -0.4 is 16.0 Å². The summed E-state index contributed by atoms with van der Waals surface area (Å²) in [7, 11) is 1.53. The summed E-state index contributed by atoms with van der Waals surface area (Å²) in [5, 5.41) is 7.77. The fourth-order valence-corrected chi connectivity index (χ4v) is 1.51. The summed E-state index contributed by atoms with van der Waals surface area (Å²) in [6.45, 7) is 5.49. The molecular formula is C13H19N3O2. The minimum Gasteiger partial charge on any atom is -0.357 e. The SMILES string of the molecule is CNC(=O)C(C)NC(=O)Nc1cc(C)ccc1C. The summed E-state index contributed by atoms with van der Waals surface area (Å²) in [6, 6.07) is 4.85. The standard InChI is InChI=1S/C13H19N3O2/c1-8-5-6-9(2)11(7-8)16-13(18)15-10(3)12(17)14-4/h5-7,10H,1-4H3,(H,14,17)(H2,15,16,18). The summed E-state index contributed by atoms with van der Waals surface area (Å²) < 4.78 is 0. The van der Waals surface area contributed by atoms with Crippen LogP contribution in [0.25, 0.3) is 0 Å². The zero-order valence-electron chi connectivity index (χ0n) is 11.1. The van der Waals surface area contributed by atoms with Crippen LogP contribution in [0.1, 0.15) is 18.1 Å². The van der Waals surface area contributed by atoms with Crippen molar-refractivity contribution in [1.29, 1.82) is 0 Å². The molecule has 1 rings (SSSR count). The van der Waals surface area contributed by atoms with Crippen molar-refractivity contribution in [3.8, 4) is 0 Å². The fourth-order valence-electron chi connectivity index (χ4n) is 1.51. The fraction of sp³-hybridized carbons (Fsp3) is 0.385. The summed E-state index contributed by atoms with van der Waals surface area (Å²) in [5.41, 5.74) is 2.79. The Morgan fingerprint density at radius 2 is 1.89 bits per heavy atom. The van der Waals surface area contributed by atoms with Crippen LogP contribution in [0, 0.1) is 13.8 Å². The zero-order valence-corrected chi connectivity index (χ0v) is 11.1. The lowest BCUT2D eigenvalue weighted by atomic mass is 10.1. The number of urea groups is 1. The molecule has 0 aliphatic rings. The van der Waals surface area contributed by atoms with Crippen LogP contribution in [0.15, 0.2) is 18.2 Å². The number of benzene rings is 1. The lowest BCUT2D eigenvalue weighted by Crippen LogP contribution is -2.45. The van der Waals surface area contributed by atoms with E-state index in [4.69, 9.17) is 0 Å². The van der Waals surface area contributed by atoms with E-state index in [2.05, 4.69) is 16.0 Å². The molecule has 5 nitrogen and oxygen atoms in total. The maximum atomic E-state index is 11.7. The number of likely N-dealkylation sites (N-methyl/N-ethyl adjacent to an activating group) is 1. The molecule has 1 aromatic carbocycles. The molecule has 0 saturated carbocycles. The second kappa shape index (κ2) is 6.05. The van der Waals surface area contributed by atoms with Gasteiger partial charge in [-0.25, -0.2) is 4.79 Å². The van der Waals surface area contributed by atoms with Gasteiger partial charge < -0.3 is 16.0 Å². The molecule has 1 unspecified atom stereocenters. The van der Waals surface area contributed by atoms with Gasteiger partial charge in [0, 0.05) is 12.7 Å². The molecule has 0 aromatic heterocycles. The van der Waals surface area contributed by atoms with Crippen LogP contribution in [0.2, 0.25) is 0 Å². The van der Waals surface area contributed by atoms with Crippen LogP contribution in [-0.2, 0) is 4.79 Å². The maximum Gasteiger partial charge on any atom is 0.319 e. The molecule has 0 spiro atoms. The van der Waals surface area contributed by atoms with Crippen molar-refractivity contribution in [2.24, 2.45) is 0 Å². The number of carbonyl (C=O) groups is 2. The molecule has 1 atom stereocenters. The van der Waals surface area contributed by atoms with Gasteiger partial charge in [-0.2, -0.15) is 0 Å². The first-order valence-electron chi connectivity index (χ1n) is 5.80. The quantitative estimate of drug-likeness (QED) is 0.760. The Bertz CT molecular complexity index is 458. The molecule has 0 radical (unpaired) electrons. The van der Waals surface area contributed by atoms with E-state index >= 15 is 0 Å². The highest BCUT2D eigenvalue weighted by Crippen LogP contribution is 2.15. The Kier molecular flexibility index (Phi) is 4.71. The van der Waals surface area contributed by atoms with Crippen molar-refractivity contribution >= 4 is 17.6 Å². The van der Waals surface area contributed by atoms with Crippen molar-refractivity contribution in [1.82, 2.24) is 10.6 Å². The van der Waals surface area contributed by atoms with Crippen molar-refractivity contribution < 1.29 is 9.59 Å². The molecule has 3 amide bonds. The average molecular weight is 249 g/mol. The summed E-state index contributed by atoms with van der Waals surface area (Å²) in [6.07, 6.45) is 0. The summed E-state index contributed by atoms with van der Waals surface area (Å²) >= 11 is 0. The minimum atomic E-state index is -0.569. The number of nitrogens with one attached hydrogen (secondary N) is 3.